The Morgan fingerprint density at radius 1 is 1.42 bits per heavy atom. The Balaban J connectivity index is 1.99. The summed E-state index contributed by atoms with van der Waals surface area (Å²) in [6, 6.07) is 8.69. The van der Waals surface area contributed by atoms with E-state index in [2.05, 4.69) is 5.10 Å². The number of nitrogens with zero attached hydrogens (tertiary/aromatic N) is 2. The van der Waals surface area contributed by atoms with Gasteiger partial charge in [0.1, 0.15) is 11.4 Å². The minimum Gasteiger partial charge on any atom is -0.485 e. The topological polar surface area (TPSA) is 44.1 Å². The van der Waals surface area contributed by atoms with E-state index < -0.39 is 0 Å². The van der Waals surface area contributed by atoms with Gasteiger partial charge in [-0.15, -0.1) is 0 Å². The standard InChI is InChI=1S/C14H15ClN2O2/c1-2-8-17-13(6-7-16-17)14(18)10-19-12-5-3-4-11(15)9-12/h3-7,9H,2,8,10H2,1H3. The maximum absolute atomic E-state index is 12.0. The van der Waals surface area contributed by atoms with Crippen LogP contribution < -0.4 is 4.74 Å². The number of ether oxygens (including phenoxy) is 1. The van der Waals surface area contributed by atoms with Crippen molar-refractivity contribution >= 4 is 17.4 Å². The SMILES string of the molecule is CCCn1nccc1C(=O)COc1cccc(Cl)c1. The second-order valence-electron chi connectivity index (χ2n) is 4.11. The van der Waals surface area contributed by atoms with Crippen LogP contribution in [-0.4, -0.2) is 22.2 Å². The summed E-state index contributed by atoms with van der Waals surface area (Å²) in [7, 11) is 0. The summed E-state index contributed by atoms with van der Waals surface area (Å²) in [5.74, 6) is 0.494. The van der Waals surface area contributed by atoms with Gasteiger partial charge in [0.2, 0.25) is 5.78 Å². The molecule has 19 heavy (non-hydrogen) atoms. The number of carbonyl (C=O) groups excluding carboxylic acids is 1. The van der Waals surface area contributed by atoms with Gasteiger partial charge in [-0.3, -0.25) is 9.48 Å². The van der Waals surface area contributed by atoms with Crippen LogP contribution in [0.25, 0.3) is 0 Å². The fourth-order valence-corrected chi connectivity index (χ4v) is 1.92. The molecule has 0 unspecified atom stereocenters. The molecule has 0 N–H and O–H groups in total. The molecule has 0 atom stereocenters. The molecule has 1 heterocycles. The Hall–Kier alpha value is -1.81. The Morgan fingerprint density at radius 2 is 2.26 bits per heavy atom. The quantitative estimate of drug-likeness (QED) is 0.762. The minimum absolute atomic E-state index is 0.0181. The summed E-state index contributed by atoms with van der Waals surface area (Å²) in [5, 5.41) is 4.70. The number of aryl methyl sites for hydroxylation is 1. The highest BCUT2D eigenvalue weighted by atomic mass is 35.5. The van der Waals surface area contributed by atoms with Crippen LogP contribution in [0.5, 0.6) is 5.75 Å². The molecule has 2 aromatic rings. The van der Waals surface area contributed by atoms with Crippen LogP contribution in [0.3, 0.4) is 0 Å². The number of Topliss-reactive ketones (excluding diaryl/α,β-unsaturated/α-hetero) is 1. The van der Waals surface area contributed by atoms with E-state index in [0.29, 0.717) is 16.5 Å². The molecule has 1 aromatic carbocycles. The van der Waals surface area contributed by atoms with E-state index in [-0.39, 0.29) is 12.4 Å². The Kier molecular flexibility index (Phi) is 4.58. The molecule has 0 amide bonds. The first kappa shape index (κ1) is 13.6. The molecule has 0 saturated heterocycles. The fourth-order valence-electron chi connectivity index (χ4n) is 1.74. The Labute approximate surface area is 116 Å². The van der Waals surface area contributed by atoms with E-state index in [1.54, 1.807) is 41.2 Å². The third kappa shape index (κ3) is 3.58. The zero-order valence-electron chi connectivity index (χ0n) is 10.7. The fraction of sp³-hybridized carbons (Fsp3) is 0.286. The lowest BCUT2D eigenvalue weighted by Gasteiger charge is -2.07. The number of ketones is 1. The number of aromatic nitrogens is 2. The lowest BCUT2D eigenvalue weighted by Crippen LogP contribution is -2.17. The monoisotopic (exact) mass is 278 g/mol. The van der Waals surface area contributed by atoms with Gasteiger partial charge in [-0.05, 0) is 30.7 Å². The van der Waals surface area contributed by atoms with Gasteiger partial charge in [0.15, 0.2) is 6.61 Å². The van der Waals surface area contributed by atoms with Gasteiger partial charge in [0.25, 0.3) is 0 Å². The van der Waals surface area contributed by atoms with E-state index in [1.165, 1.54) is 0 Å². The molecule has 1 aromatic heterocycles. The van der Waals surface area contributed by atoms with Crippen molar-refractivity contribution in [3.63, 3.8) is 0 Å². The Bertz CT molecular complexity index is 566. The van der Waals surface area contributed by atoms with Gasteiger partial charge < -0.3 is 4.74 Å². The third-order valence-electron chi connectivity index (χ3n) is 2.60. The predicted octanol–water partition coefficient (Wildman–Crippen LogP) is 3.21. The largest absolute Gasteiger partial charge is 0.485 e. The maximum atomic E-state index is 12.0. The summed E-state index contributed by atoms with van der Waals surface area (Å²) in [5.41, 5.74) is 0.573. The molecule has 5 heteroatoms. The van der Waals surface area contributed by atoms with Gasteiger partial charge in [-0.1, -0.05) is 24.6 Å². The molecule has 0 aliphatic rings. The van der Waals surface area contributed by atoms with Crippen LogP contribution in [0.4, 0.5) is 0 Å². The van der Waals surface area contributed by atoms with Crippen molar-refractivity contribution in [2.75, 3.05) is 6.61 Å². The summed E-state index contributed by atoms with van der Waals surface area (Å²) in [6.45, 7) is 2.75. The first-order valence-electron chi connectivity index (χ1n) is 6.14. The average Bonchev–Trinajstić information content (AvgIpc) is 2.85. The van der Waals surface area contributed by atoms with Crippen molar-refractivity contribution < 1.29 is 9.53 Å². The lowest BCUT2D eigenvalue weighted by molar-refractivity contribution is 0.0910. The third-order valence-corrected chi connectivity index (χ3v) is 2.84. The maximum Gasteiger partial charge on any atom is 0.218 e. The molecular weight excluding hydrogens is 264 g/mol. The number of rotatable bonds is 6. The average molecular weight is 279 g/mol. The van der Waals surface area contributed by atoms with Crippen LogP contribution in [0.1, 0.15) is 23.8 Å². The molecule has 2 rings (SSSR count). The van der Waals surface area contributed by atoms with Crippen molar-refractivity contribution in [1.82, 2.24) is 9.78 Å². The highest BCUT2D eigenvalue weighted by Crippen LogP contribution is 2.17. The lowest BCUT2D eigenvalue weighted by atomic mass is 10.3. The van der Waals surface area contributed by atoms with E-state index in [4.69, 9.17) is 16.3 Å². The normalized spacial score (nSPS) is 10.4. The number of halogens is 1. The molecule has 0 spiro atoms. The van der Waals surface area contributed by atoms with Gasteiger partial charge in [-0.2, -0.15) is 5.10 Å². The molecule has 0 bridgehead atoms. The first-order chi connectivity index (χ1) is 9.20. The summed E-state index contributed by atoms with van der Waals surface area (Å²) >= 11 is 5.85. The van der Waals surface area contributed by atoms with Crippen molar-refractivity contribution in [1.29, 1.82) is 0 Å². The molecular formula is C14H15ClN2O2. The van der Waals surface area contributed by atoms with Crippen LogP contribution >= 0.6 is 11.6 Å². The summed E-state index contributed by atoms with van der Waals surface area (Å²) < 4.78 is 7.13. The molecule has 100 valence electrons. The summed E-state index contributed by atoms with van der Waals surface area (Å²) in [4.78, 5) is 12.0. The van der Waals surface area contributed by atoms with E-state index in [9.17, 15) is 4.79 Å². The molecule has 0 aliphatic carbocycles. The zero-order chi connectivity index (χ0) is 13.7. The van der Waals surface area contributed by atoms with Gasteiger partial charge in [0, 0.05) is 17.8 Å². The van der Waals surface area contributed by atoms with Crippen LogP contribution in [-0.2, 0) is 6.54 Å². The second-order valence-corrected chi connectivity index (χ2v) is 4.55. The first-order valence-corrected chi connectivity index (χ1v) is 6.52. The Morgan fingerprint density at radius 3 is 3.00 bits per heavy atom. The molecule has 4 nitrogen and oxygen atoms in total. The highest BCUT2D eigenvalue weighted by molar-refractivity contribution is 6.30. The van der Waals surface area contributed by atoms with Crippen molar-refractivity contribution in [2.24, 2.45) is 0 Å². The number of hydrogen-bond acceptors (Lipinski definition) is 3. The van der Waals surface area contributed by atoms with Crippen LogP contribution in [0, 0.1) is 0 Å². The molecule has 0 radical (unpaired) electrons. The van der Waals surface area contributed by atoms with Gasteiger partial charge in [-0.25, -0.2) is 0 Å². The molecule has 0 saturated carbocycles. The van der Waals surface area contributed by atoms with E-state index >= 15 is 0 Å². The van der Waals surface area contributed by atoms with E-state index in [1.807, 2.05) is 6.92 Å². The smallest absolute Gasteiger partial charge is 0.218 e. The van der Waals surface area contributed by atoms with Gasteiger partial charge >= 0.3 is 0 Å². The van der Waals surface area contributed by atoms with Gasteiger partial charge in [0.05, 0.1) is 0 Å². The number of hydrogen-bond donors (Lipinski definition) is 0. The summed E-state index contributed by atoms with van der Waals surface area (Å²) in [6.07, 6.45) is 2.55. The number of benzene rings is 1. The van der Waals surface area contributed by atoms with Crippen LogP contribution in [0.2, 0.25) is 5.02 Å². The van der Waals surface area contributed by atoms with Crippen molar-refractivity contribution in [2.45, 2.75) is 19.9 Å². The van der Waals surface area contributed by atoms with E-state index in [0.717, 1.165) is 13.0 Å². The second kappa shape index (κ2) is 6.38. The molecule has 0 fully saturated rings. The zero-order valence-corrected chi connectivity index (χ0v) is 11.4. The minimum atomic E-state index is -0.0917. The predicted molar refractivity (Wildman–Crippen MR) is 73.8 cm³/mol. The molecule has 0 aliphatic heterocycles. The van der Waals surface area contributed by atoms with Crippen LogP contribution in [0.15, 0.2) is 36.5 Å². The highest BCUT2D eigenvalue weighted by Gasteiger charge is 2.12. The van der Waals surface area contributed by atoms with Crippen molar-refractivity contribution in [3.8, 4) is 5.75 Å². The number of carbonyl (C=O) groups is 1. The van der Waals surface area contributed by atoms with Crippen molar-refractivity contribution in [3.05, 3.63) is 47.2 Å².